The Hall–Kier alpha value is -2.45. The van der Waals surface area contributed by atoms with Gasteiger partial charge in [0.1, 0.15) is 11.9 Å². The zero-order valence-electron chi connectivity index (χ0n) is 15.2. The molecule has 1 fully saturated rings. The fraction of sp³-hybridized carbons (Fsp3) is 0.350. The fourth-order valence-corrected chi connectivity index (χ4v) is 4.88. The number of carbonyl (C=O) groups is 1. The van der Waals surface area contributed by atoms with Gasteiger partial charge in [-0.15, -0.1) is 0 Å². The van der Waals surface area contributed by atoms with Gasteiger partial charge < -0.3 is 9.64 Å². The number of carbonyl (C=O) groups excluding carboxylic acids is 1. The van der Waals surface area contributed by atoms with Crippen LogP contribution in [0.4, 0.5) is 15.8 Å². The Morgan fingerprint density at radius 3 is 2.86 bits per heavy atom. The summed E-state index contributed by atoms with van der Waals surface area (Å²) in [6.45, 7) is 1.18. The Balaban J connectivity index is 1.48. The van der Waals surface area contributed by atoms with Crippen molar-refractivity contribution in [3.63, 3.8) is 0 Å². The smallest absolute Gasteiger partial charge is 0.256 e. The Morgan fingerprint density at radius 1 is 1.25 bits per heavy atom. The average Bonchev–Trinajstić information content (AvgIpc) is 3.30. The third-order valence-corrected chi connectivity index (χ3v) is 6.23. The molecule has 6 nitrogen and oxygen atoms in total. The van der Waals surface area contributed by atoms with E-state index in [9.17, 15) is 17.6 Å². The largest absolute Gasteiger partial charge is 0.368 e. The first kappa shape index (κ1) is 18.9. The monoisotopic (exact) mass is 404 g/mol. The SMILES string of the molecule is O=C(C1CCCO1)N1CCc2cc(NS(=O)(=O)Cc3cccc(F)c3)ccc21. The lowest BCUT2D eigenvalue weighted by Crippen LogP contribution is -2.37. The van der Waals surface area contributed by atoms with E-state index in [0.29, 0.717) is 30.8 Å². The molecule has 2 heterocycles. The predicted molar refractivity (Wildman–Crippen MR) is 104 cm³/mol. The van der Waals surface area contributed by atoms with E-state index in [1.807, 2.05) is 0 Å². The minimum Gasteiger partial charge on any atom is -0.368 e. The molecular weight excluding hydrogens is 383 g/mol. The lowest BCUT2D eigenvalue weighted by molar-refractivity contribution is -0.127. The van der Waals surface area contributed by atoms with Gasteiger partial charge >= 0.3 is 0 Å². The van der Waals surface area contributed by atoms with Crippen LogP contribution in [0.25, 0.3) is 0 Å². The van der Waals surface area contributed by atoms with Crippen LogP contribution >= 0.6 is 0 Å². The van der Waals surface area contributed by atoms with E-state index < -0.39 is 15.8 Å². The lowest BCUT2D eigenvalue weighted by Gasteiger charge is -2.21. The summed E-state index contributed by atoms with van der Waals surface area (Å²) in [4.78, 5) is 14.3. The highest BCUT2D eigenvalue weighted by Crippen LogP contribution is 2.32. The van der Waals surface area contributed by atoms with Crippen LogP contribution in [-0.4, -0.2) is 33.6 Å². The predicted octanol–water partition coefficient (Wildman–Crippen LogP) is 2.84. The highest BCUT2D eigenvalue weighted by Gasteiger charge is 2.32. The van der Waals surface area contributed by atoms with Gasteiger partial charge in [-0.25, -0.2) is 12.8 Å². The van der Waals surface area contributed by atoms with E-state index in [0.717, 1.165) is 24.1 Å². The van der Waals surface area contributed by atoms with E-state index in [1.165, 1.54) is 18.2 Å². The number of rotatable bonds is 5. The minimum absolute atomic E-state index is 0.0318. The third kappa shape index (κ3) is 4.02. The zero-order valence-corrected chi connectivity index (χ0v) is 16.0. The molecular formula is C20H21FN2O4S. The van der Waals surface area contributed by atoms with Crippen LogP contribution in [0, 0.1) is 5.82 Å². The number of ether oxygens (including phenoxy) is 1. The molecule has 1 atom stereocenters. The summed E-state index contributed by atoms with van der Waals surface area (Å²) in [6, 6.07) is 10.7. The van der Waals surface area contributed by atoms with Gasteiger partial charge in [-0.05, 0) is 60.7 Å². The molecule has 2 aromatic rings. The van der Waals surface area contributed by atoms with Gasteiger partial charge in [0.05, 0.1) is 5.75 Å². The second-order valence-electron chi connectivity index (χ2n) is 7.08. The van der Waals surface area contributed by atoms with Crippen LogP contribution in [0.1, 0.15) is 24.0 Å². The summed E-state index contributed by atoms with van der Waals surface area (Å²) in [7, 11) is -3.68. The van der Waals surface area contributed by atoms with Gasteiger partial charge in [0.2, 0.25) is 10.0 Å². The number of benzene rings is 2. The molecule has 1 unspecified atom stereocenters. The van der Waals surface area contributed by atoms with E-state index in [2.05, 4.69) is 4.72 Å². The molecule has 1 N–H and O–H groups in total. The van der Waals surface area contributed by atoms with Gasteiger partial charge in [0.25, 0.3) is 5.91 Å². The number of amides is 1. The Morgan fingerprint density at radius 2 is 2.11 bits per heavy atom. The molecule has 28 heavy (non-hydrogen) atoms. The van der Waals surface area contributed by atoms with Gasteiger partial charge in [-0.3, -0.25) is 9.52 Å². The molecule has 2 aliphatic heterocycles. The van der Waals surface area contributed by atoms with Crippen LogP contribution < -0.4 is 9.62 Å². The first-order chi connectivity index (χ1) is 13.4. The third-order valence-electron chi connectivity index (χ3n) is 4.97. The standard InChI is InChI=1S/C20H21FN2O4S/c21-16-4-1-3-14(11-16)13-28(25,26)22-17-6-7-18-15(12-17)8-9-23(18)20(24)19-5-2-10-27-19/h1,3-4,6-7,11-12,19,22H,2,5,8-10,13H2. The van der Waals surface area contributed by atoms with E-state index >= 15 is 0 Å². The van der Waals surface area contributed by atoms with Crippen LogP contribution in [-0.2, 0) is 31.7 Å². The summed E-state index contributed by atoms with van der Waals surface area (Å²) in [5.41, 5.74) is 2.52. The average molecular weight is 404 g/mol. The number of sulfonamides is 1. The summed E-state index contributed by atoms with van der Waals surface area (Å²) in [5, 5.41) is 0. The van der Waals surface area contributed by atoms with Crippen molar-refractivity contribution in [1.82, 2.24) is 0 Å². The molecule has 0 saturated carbocycles. The van der Waals surface area contributed by atoms with Crippen molar-refractivity contribution < 1.29 is 22.3 Å². The van der Waals surface area contributed by atoms with Gasteiger partial charge in [0, 0.05) is 24.5 Å². The normalized spacial score (nSPS) is 18.9. The van der Waals surface area contributed by atoms with Gasteiger partial charge in [0.15, 0.2) is 0 Å². The molecule has 1 saturated heterocycles. The van der Waals surface area contributed by atoms with E-state index in [1.54, 1.807) is 29.2 Å². The fourth-order valence-electron chi connectivity index (χ4n) is 3.70. The van der Waals surface area contributed by atoms with Crippen molar-refractivity contribution in [2.45, 2.75) is 31.1 Å². The molecule has 2 aromatic carbocycles. The molecule has 0 aliphatic carbocycles. The second kappa shape index (κ2) is 7.52. The maximum atomic E-state index is 13.3. The molecule has 4 rings (SSSR count). The Labute approximate surface area is 163 Å². The minimum atomic E-state index is -3.68. The number of hydrogen-bond donors (Lipinski definition) is 1. The first-order valence-electron chi connectivity index (χ1n) is 9.22. The van der Waals surface area contributed by atoms with Gasteiger partial charge in [-0.1, -0.05) is 12.1 Å². The van der Waals surface area contributed by atoms with Crippen molar-refractivity contribution in [3.05, 3.63) is 59.4 Å². The molecule has 148 valence electrons. The van der Waals surface area contributed by atoms with E-state index in [4.69, 9.17) is 4.74 Å². The van der Waals surface area contributed by atoms with Crippen molar-refractivity contribution >= 4 is 27.3 Å². The molecule has 2 aliphatic rings. The van der Waals surface area contributed by atoms with Crippen molar-refractivity contribution in [2.75, 3.05) is 22.8 Å². The van der Waals surface area contributed by atoms with Gasteiger partial charge in [-0.2, -0.15) is 0 Å². The highest BCUT2D eigenvalue weighted by atomic mass is 32.2. The number of fused-ring (bicyclic) bond motifs is 1. The second-order valence-corrected chi connectivity index (χ2v) is 8.80. The van der Waals surface area contributed by atoms with Crippen molar-refractivity contribution in [2.24, 2.45) is 0 Å². The molecule has 0 bridgehead atoms. The Kier molecular flexibility index (Phi) is 5.07. The van der Waals surface area contributed by atoms with Crippen LogP contribution in [0.15, 0.2) is 42.5 Å². The molecule has 0 spiro atoms. The summed E-state index contributed by atoms with van der Waals surface area (Å²) in [6.07, 6.45) is 1.91. The van der Waals surface area contributed by atoms with Crippen LogP contribution in [0.2, 0.25) is 0 Å². The zero-order chi connectivity index (χ0) is 19.7. The summed E-state index contributed by atoms with van der Waals surface area (Å²) in [5.74, 6) is -0.817. The molecule has 0 aromatic heterocycles. The lowest BCUT2D eigenvalue weighted by atomic mass is 10.1. The first-order valence-corrected chi connectivity index (χ1v) is 10.9. The number of halogens is 1. The number of hydrogen-bond acceptors (Lipinski definition) is 4. The topological polar surface area (TPSA) is 75.7 Å². The number of anilines is 2. The Bertz CT molecular complexity index is 1000. The molecule has 8 heteroatoms. The summed E-state index contributed by atoms with van der Waals surface area (Å²) < 4.78 is 46.1. The van der Waals surface area contributed by atoms with Crippen LogP contribution in [0.3, 0.4) is 0 Å². The number of nitrogens with one attached hydrogen (secondary N) is 1. The maximum absolute atomic E-state index is 13.3. The molecule has 0 radical (unpaired) electrons. The van der Waals surface area contributed by atoms with Crippen molar-refractivity contribution in [3.8, 4) is 0 Å². The van der Waals surface area contributed by atoms with Crippen molar-refractivity contribution in [1.29, 1.82) is 0 Å². The maximum Gasteiger partial charge on any atom is 0.256 e. The summed E-state index contributed by atoms with van der Waals surface area (Å²) >= 11 is 0. The number of nitrogens with zero attached hydrogens (tertiary/aromatic N) is 1. The highest BCUT2D eigenvalue weighted by molar-refractivity contribution is 7.91. The quantitative estimate of drug-likeness (QED) is 0.832. The molecule has 1 amide bonds. The van der Waals surface area contributed by atoms with Crippen LogP contribution in [0.5, 0.6) is 0 Å². The van der Waals surface area contributed by atoms with E-state index in [-0.39, 0.29) is 17.8 Å².